The van der Waals surface area contributed by atoms with Crippen molar-refractivity contribution in [2.24, 2.45) is 0 Å². The quantitative estimate of drug-likeness (QED) is 0.548. The van der Waals surface area contributed by atoms with Crippen molar-refractivity contribution < 1.29 is 9.72 Å². The van der Waals surface area contributed by atoms with E-state index in [9.17, 15) is 24.5 Å². The van der Waals surface area contributed by atoms with Gasteiger partial charge in [0.2, 0.25) is 0 Å². The van der Waals surface area contributed by atoms with E-state index in [-0.39, 0.29) is 17.1 Å². The van der Waals surface area contributed by atoms with Crippen LogP contribution in [0.2, 0.25) is 0 Å². The lowest BCUT2D eigenvalue weighted by Gasteiger charge is -2.28. The van der Waals surface area contributed by atoms with Gasteiger partial charge in [-0.1, -0.05) is 13.3 Å². The lowest BCUT2D eigenvalue weighted by molar-refractivity contribution is -0.384. The van der Waals surface area contributed by atoms with Crippen LogP contribution in [0, 0.1) is 10.1 Å². The Kier molecular flexibility index (Phi) is 4.57. The molecule has 0 bridgehead atoms. The van der Waals surface area contributed by atoms with E-state index >= 15 is 0 Å². The average molecular weight is 359 g/mol. The largest absolute Gasteiger partial charge is 0.329 e. The monoisotopic (exact) mass is 359 g/mol. The molecule has 2 heterocycles. The lowest BCUT2D eigenvalue weighted by Crippen LogP contribution is -2.46. The summed E-state index contributed by atoms with van der Waals surface area (Å²) in [7, 11) is 0. The second kappa shape index (κ2) is 6.82. The van der Waals surface area contributed by atoms with E-state index in [0.29, 0.717) is 18.5 Å². The Morgan fingerprint density at radius 3 is 2.50 bits per heavy atom. The molecule has 3 N–H and O–H groups in total. The molecule has 3 rings (SSSR count). The highest BCUT2D eigenvalue weighted by Gasteiger charge is 2.31. The van der Waals surface area contributed by atoms with E-state index in [0.717, 1.165) is 6.42 Å². The third-order valence-electron chi connectivity index (χ3n) is 4.20. The van der Waals surface area contributed by atoms with Crippen LogP contribution in [0.25, 0.3) is 0 Å². The molecule has 1 atom stereocenters. The first-order valence-electron chi connectivity index (χ1n) is 8.11. The fraction of sp³-hybridized carbons (Fsp3) is 0.312. The van der Waals surface area contributed by atoms with Crippen molar-refractivity contribution in [2.45, 2.75) is 32.4 Å². The number of aromatic amines is 1. The molecule has 136 valence electrons. The van der Waals surface area contributed by atoms with Crippen molar-refractivity contribution in [1.29, 1.82) is 0 Å². The minimum absolute atomic E-state index is 0.101. The predicted molar refractivity (Wildman–Crippen MR) is 93.3 cm³/mol. The molecule has 2 aromatic rings. The van der Waals surface area contributed by atoms with E-state index in [1.165, 1.54) is 28.8 Å². The first-order valence-corrected chi connectivity index (χ1v) is 8.11. The van der Waals surface area contributed by atoms with Crippen LogP contribution >= 0.6 is 0 Å². The normalized spacial score (nSPS) is 15.7. The molecule has 1 aromatic heterocycles. The molecule has 0 saturated carbocycles. The van der Waals surface area contributed by atoms with E-state index in [2.05, 4.69) is 15.6 Å². The van der Waals surface area contributed by atoms with Crippen LogP contribution < -0.4 is 21.9 Å². The third kappa shape index (κ3) is 3.08. The van der Waals surface area contributed by atoms with Gasteiger partial charge in [0.25, 0.3) is 11.2 Å². The van der Waals surface area contributed by atoms with Gasteiger partial charge in [0, 0.05) is 18.7 Å². The number of hydrogen-bond donors (Lipinski definition) is 3. The Balaban J connectivity index is 2.14. The van der Waals surface area contributed by atoms with Crippen LogP contribution in [0.15, 0.2) is 33.9 Å². The molecular weight excluding hydrogens is 342 g/mol. The van der Waals surface area contributed by atoms with Gasteiger partial charge in [0.15, 0.2) is 0 Å². The summed E-state index contributed by atoms with van der Waals surface area (Å²) in [5.74, 6) is 0.152. The lowest BCUT2D eigenvalue weighted by atomic mass is 9.98. The number of carbonyl (C=O) groups excluding carboxylic acids is 1. The number of benzene rings is 1. The number of unbranched alkanes of at least 4 members (excludes halogenated alkanes) is 1. The number of nitro benzene ring substituents is 1. The summed E-state index contributed by atoms with van der Waals surface area (Å²) >= 11 is 0. The number of amides is 2. The van der Waals surface area contributed by atoms with Crippen LogP contribution in [-0.2, 0) is 6.54 Å². The van der Waals surface area contributed by atoms with E-state index in [1.54, 1.807) is 0 Å². The maximum Gasteiger partial charge on any atom is 0.329 e. The Morgan fingerprint density at radius 1 is 1.19 bits per heavy atom. The van der Waals surface area contributed by atoms with Gasteiger partial charge < -0.3 is 5.32 Å². The maximum absolute atomic E-state index is 12.4. The number of non-ortho nitro benzene ring substituents is 1. The molecule has 0 aliphatic carbocycles. The smallest absolute Gasteiger partial charge is 0.327 e. The average Bonchev–Trinajstić information content (AvgIpc) is 2.60. The highest BCUT2D eigenvalue weighted by atomic mass is 16.6. The summed E-state index contributed by atoms with van der Waals surface area (Å²) in [6, 6.07) is 4.15. The zero-order chi connectivity index (χ0) is 18.8. The second-order valence-corrected chi connectivity index (χ2v) is 5.91. The van der Waals surface area contributed by atoms with Gasteiger partial charge in [-0.05, 0) is 24.1 Å². The van der Waals surface area contributed by atoms with Crippen molar-refractivity contribution >= 4 is 17.5 Å². The maximum atomic E-state index is 12.4. The first kappa shape index (κ1) is 17.4. The fourth-order valence-electron chi connectivity index (χ4n) is 2.90. The molecule has 26 heavy (non-hydrogen) atoms. The minimum atomic E-state index is -0.822. The van der Waals surface area contributed by atoms with Gasteiger partial charge in [-0.3, -0.25) is 29.8 Å². The Bertz CT molecular complexity index is 976. The van der Waals surface area contributed by atoms with Gasteiger partial charge in [-0.25, -0.2) is 9.59 Å². The van der Waals surface area contributed by atoms with Gasteiger partial charge in [-0.2, -0.15) is 0 Å². The van der Waals surface area contributed by atoms with Crippen LogP contribution in [0.5, 0.6) is 0 Å². The highest BCUT2D eigenvalue weighted by Crippen LogP contribution is 2.29. The van der Waals surface area contributed by atoms with Crippen LogP contribution in [0.4, 0.5) is 16.3 Å². The van der Waals surface area contributed by atoms with Crippen molar-refractivity contribution in [2.75, 3.05) is 5.32 Å². The van der Waals surface area contributed by atoms with E-state index in [4.69, 9.17) is 0 Å². The van der Waals surface area contributed by atoms with Crippen LogP contribution in [0.3, 0.4) is 0 Å². The molecule has 1 aromatic carbocycles. The number of aromatic nitrogens is 2. The Labute approximate surface area is 147 Å². The molecule has 1 aliphatic rings. The number of nitrogens with zero attached hydrogens (tertiary/aromatic N) is 2. The SMILES string of the molecule is CCCCn1c2c(c(=O)[nH]c1=O)C(c1ccc([N+](=O)[O-])cc1)NC(=O)N2. The van der Waals surface area contributed by atoms with Crippen molar-refractivity contribution in [3.05, 3.63) is 66.3 Å². The number of anilines is 1. The molecule has 1 unspecified atom stereocenters. The number of nitrogens with one attached hydrogen (secondary N) is 3. The molecular formula is C16H17N5O5. The zero-order valence-electron chi connectivity index (χ0n) is 13.9. The molecule has 0 fully saturated rings. The molecule has 0 radical (unpaired) electrons. The summed E-state index contributed by atoms with van der Waals surface area (Å²) in [4.78, 5) is 49.2. The molecule has 0 saturated heterocycles. The number of H-pyrrole nitrogens is 1. The number of nitro groups is 1. The molecule has 1 aliphatic heterocycles. The van der Waals surface area contributed by atoms with Crippen molar-refractivity contribution in [1.82, 2.24) is 14.9 Å². The Morgan fingerprint density at radius 2 is 1.88 bits per heavy atom. The van der Waals surface area contributed by atoms with Gasteiger partial charge in [0.05, 0.1) is 16.5 Å². The summed E-state index contributed by atoms with van der Waals surface area (Å²) < 4.78 is 1.33. The third-order valence-corrected chi connectivity index (χ3v) is 4.20. The summed E-state index contributed by atoms with van der Waals surface area (Å²) in [5, 5.41) is 16.0. The molecule has 10 nitrogen and oxygen atoms in total. The minimum Gasteiger partial charge on any atom is -0.327 e. The second-order valence-electron chi connectivity index (χ2n) is 5.91. The summed E-state index contributed by atoms with van der Waals surface area (Å²) in [6.07, 6.45) is 1.53. The number of hydrogen-bond acceptors (Lipinski definition) is 5. The number of carbonyl (C=O) groups is 1. The topological polar surface area (TPSA) is 139 Å². The van der Waals surface area contributed by atoms with Gasteiger partial charge in [0.1, 0.15) is 5.82 Å². The van der Waals surface area contributed by atoms with Crippen LogP contribution in [-0.4, -0.2) is 20.5 Å². The molecule has 2 amide bonds. The predicted octanol–water partition coefficient (Wildman–Crippen LogP) is 1.47. The molecule has 0 spiro atoms. The van der Waals surface area contributed by atoms with Gasteiger partial charge in [-0.15, -0.1) is 0 Å². The van der Waals surface area contributed by atoms with Crippen LogP contribution in [0.1, 0.15) is 36.9 Å². The van der Waals surface area contributed by atoms with E-state index in [1.807, 2.05) is 6.92 Å². The molecule has 10 heteroatoms. The number of rotatable bonds is 5. The van der Waals surface area contributed by atoms with E-state index < -0.39 is 28.2 Å². The van der Waals surface area contributed by atoms with Gasteiger partial charge >= 0.3 is 11.7 Å². The standard InChI is InChI=1S/C16H17N5O5/c1-2-3-8-20-13-11(14(22)19-16(20)24)12(17-15(23)18-13)9-4-6-10(7-5-9)21(25)26/h4-7,12H,2-3,8H2,1H3,(H2,17,18,23)(H,19,22,24). The van der Waals surface area contributed by atoms with Crippen molar-refractivity contribution in [3.8, 4) is 0 Å². The zero-order valence-corrected chi connectivity index (χ0v) is 13.9. The highest BCUT2D eigenvalue weighted by molar-refractivity contribution is 5.92. The first-order chi connectivity index (χ1) is 12.4. The van der Waals surface area contributed by atoms with Crippen molar-refractivity contribution in [3.63, 3.8) is 0 Å². The number of urea groups is 1. The summed E-state index contributed by atoms with van der Waals surface area (Å²) in [6.45, 7) is 2.31. The summed E-state index contributed by atoms with van der Waals surface area (Å²) in [5.41, 5.74) is -0.622. The fourth-order valence-corrected chi connectivity index (χ4v) is 2.90. The Hall–Kier alpha value is -3.43. The number of fused-ring (bicyclic) bond motifs is 1.